The molecule has 2 atom stereocenters. The third kappa shape index (κ3) is 6.63. The molecule has 0 N–H and O–H groups in total. The molecule has 0 spiro atoms. The van der Waals surface area contributed by atoms with Gasteiger partial charge >= 0.3 is 5.97 Å². The van der Waals surface area contributed by atoms with Crippen LogP contribution in [0.1, 0.15) is 59.4 Å². The number of hydrogen-bond acceptors (Lipinski definition) is 4. The highest BCUT2D eigenvalue weighted by Crippen LogP contribution is 2.39. The van der Waals surface area contributed by atoms with Gasteiger partial charge in [-0.1, -0.05) is 97.1 Å². The maximum absolute atomic E-state index is 14.0. The van der Waals surface area contributed by atoms with Gasteiger partial charge < -0.3 is 4.74 Å². The zero-order chi connectivity index (χ0) is 25.4. The summed E-state index contributed by atoms with van der Waals surface area (Å²) < 4.78 is 5.77. The molecule has 0 radical (unpaired) electrons. The van der Waals surface area contributed by atoms with Gasteiger partial charge in [0, 0.05) is 17.0 Å². The monoisotopic (exact) mass is 468 g/mol. The smallest absolute Gasteiger partial charge is 0.310 e. The molecule has 4 heteroatoms. The first-order chi connectivity index (χ1) is 16.7. The first-order valence-electron chi connectivity index (χ1n) is 11.8. The Balaban J connectivity index is 2.22. The highest BCUT2D eigenvalue weighted by Gasteiger charge is 2.44. The van der Waals surface area contributed by atoms with Gasteiger partial charge in [0.15, 0.2) is 11.6 Å². The van der Waals surface area contributed by atoms with Crippen molar-refractivity contribution in [1.82, 2.24) is 0 Å². The summed E-state index contributed by atoms with van der Waals surface area (Å²) in [5.41, 5.74) is 0.845. The average molecular weight is 469 g/mol. The van der Waals surface area contributed by atoms with E-state index in [1.165, 1.54) is 0 Å². The van der Waals surface area contributed by atoms with Gasteiger partial charge in [0.2, 0.25) is 0 Å². The molecule has 0 fully saturated rings. The molecule has 0 amide bonds. The van der Waals surface area contributed by atoms with Crippen molar-refractivity contribution in [1.29, 1.82) is 0 Å². The summed E-state index contributed by atoms with van der Waals surface area (Å²) in [5, 5.41) is 0. The minimum Gasteiger partial charge on any atom is -0.460 e. The van der Waals surface area contributed by atoms with Gasteiger partial charge in [-0.2, -0.15) is 0 Å². The van der Waals surface area contributed by atoms with Crippen LogP contribution in [0.3, 0.4) is 0 Å². The fraction of sp³-hybridized carbons (Fsp3) is 0.258. The zero-order valence-electron chi connectivity index (χ0n) is 20.5. The maximum Gasteiger partial charge on any atom is 0.310 e. The van der Waals surface area contributed by atoms with E-state index in [1.807, 2.05) is 42.5 Å². The molecular formula is C31H32O4. The minimum atomic E-state index is -1.13. The van der Waals surface area contributed by atoms with Crippen molar-refractivity contribution in [2.24, 2.45) is 11.8 Å². The van der Waals surface area contributed by atoms with Crippen LogP contribution >= 0.6 is 0 Å². The Labute approximate surface area is 207 Å². The van der Waals surface area contributed by atoms with Gasteiger partial charge in [-0.05, 0) is 32.8 Å². The van der Waals surface area contributed by atoms with E-state index in [2.05, 4.69) is 6.58 Å². The van der Waals surface area contributed by atoms with E-state index in [1.54, 1.807) is 75.4 Å². The average Bonchev–Trinajstić information content (AvgIpc) is 2.86. The number of esters is 1. The second-order valence-corrected chi connectivity index (χ2v) is 9.54. The predicted octanol–water partition coefficient (Wildman–Crippen LogP) is 6.69. The minimum absolute atomic E-state index is 0.259. The summed E-state index contributed by atoms with van der Waals surface area (Å²) >= 11 is 0. The Kier molecular flexibility index (Phi) is 8.53. The molecule has 0 bridgehead atoms. The largest absolute Gasteiger partial charge is 0.460 e. The Hall–Kier alpha value is -3.79. The van der Waals surface area contributed by atoms with Crippen LogP contribution in [0.5, 0.6) is 0 Å². The van der Waals surface area contributed by atoms with Gasteiger partial charge in [-0.25, -0.2) is 0 Å². The van der Waals surface area contributed by atoms with Crippen molar-refractivity contribution in [3.63, 3.8) is 0 Å². The van der Waals surface area contributed by atoms with E-state index in [0.717, 1.165) is 5.56 Å². The van der Waals surface area contributed by atoms with Crippen molar-refractivity contribution in [2.45, 2.75) is 38.7 Å². The number of allylic oxidation sites excluding steroid dienone is 1. The van der Waals surface area contributed by atoms with Crippen molar-refractivity contribution in [3.05, 3.63) is 120 Å². The van der Waals surface area contributed by atoms with Crippen LogP contribution in [0.25, 0.3) is 0 Å². The summed E-state index contributed by atoms with van der Waals surface area (Å²) in [4.78, 5) is 41.5. The molecule has 4 nitrogen and oxygen atoms in total. The second kappa shape index (κ2) is 11.6. The SMILES string of the molecule is C=CC[C@H](C(=O)OC(C)(C)C)[C@@H](c1ccccc1)C(C(=O)c1ccccc1)C(=O)c1ccccc1. The van der Waals surface area contributed by atoms with E-state index >= 15 is 0 Å². The maximum atomic E-state index is 14.0. The number of ether oxygens (including phenoxy) is 1. The van der Waals surface area contributed by atoms with Crippen LogP contribution in [0, 0.1) is 11.8 Å². The second-order valence-electron chi connectivity index (χ2n) is 9.54. The first-order valence-corrected chi connectivity index (χ1v) is 11.8. The number of benzene rings is 3. The lowest BCUT2D eigenvalue weighted by molar-refractivity contribution is -0.161. The first kappa shape index (κ1) is 25.8. The number of carbonyl (C=O) groups is 3. The van der Waals surface area contributed by atoms with Gasteiger partial charge in [0.25, 0.3) is 0 Å². The van der Waals surface area contributed by atoms with Crippen LogP contribution in [0.4, 0.5) is 0 Å². The lowest BCUT2D eigenvalue weighted by Crippen LogP contribution is -2.39. The molecule has 0 saturated heterocycles. The van der Waals surface area contributed by atoms with Crippen LogP contribution in [-0.2, 0) is 9.53 Å². The molecule has 180 valence electrons. The van der Waals surface area contributed by atoms with Crippen molar-refractivity contribution < 1.29 is 19.1 Å². The van der Waals surface area contributed by atoms with Crippen LogP contribution in [-0.4, -0.2) is 23.1 Å². The summed E-state index contributed by atoms with van der Waals surface area (Å²) in [6.07, 6.45) is 1.90. The van der Waals surface area contributed by atoms with E-state index in [0.29, 0.717) is 11.1 Å². The van der Waals surface area contributed by atoms with Crippen LogP contribution < -0.4 is 0 Å². The molecule has 35 heavy (non-hydrogen) atoms. The van der Waals surface area contributed by atoms with Crippen molar-refractivity contribution in [2.75, 3.05) is 0 Å². The summed E-state index contributed by atoms with van der Waals surface area (Å²) in [7, 11) is 0. The van der Waals surface area contributed by atoms with Gasteiger partial charge in [0.1, 0.15) is 5.60 Å². The lowest BCUT2D eigenvalue weighted by atomic mass is 9.70. The third-order valence-corrected chi connectivity index (χ3v) is 5.79. The van der Waals surface area contributed by atoms with E-state index < -0.39 is 29.3 Å². The number of Topliss-reactive ketones (excluding diaryl/α,β-unsaturated/α-hetero) is 2. The zero-order valence-corrected chi connectivity index (χ0v) is 20.5. The van der Waals surface area contributed by atoms with Crippen molar-refractivity contribution in [3.8, 4) is 0 Å². The number of rotatable bonds is 10. The predicted molar refractivity (Wildman–Crippen MR) is 138 cm³/mol. The topological polar surface area (TPSA) is 60.4 Å². The molecule has 3 rings (SSSR count). The standard InChI is InChI=1S/C31H32O4/c1-5-15-25(30(34)35-31(2,3)4)26(22-16-9-6-10-17-22)27(28(32)23-18-11-7-12-19-23)29(33)24-20-13-8-14-21-24/h5-14,16-21,25-27H,1,15H2,2-4H3/t25-,26+/m0/s1. The van der Waals surface area contributed by atoms with E-state index in [-0.39, 0.29) is 18.0 Å². The number of ketones is 2. The molecule has 0 saturated carbocycles. The van der Waals surface area contributed by atoms with Crippen LogP contribution in [0.2, 0.25) is 0 Å². The molecule has 0 heterocycles. The Morgan fingerprint density at radius 2 is 1.20 bits per heavy atom. The Bertz CT molecular complexity index is 1090. The molecule has 0 unspecified atom stereocenters. The molecule has 0 aliphatic rings. The van der Waals surface area contributed by atoms with Gasteiger partial charge in [-0.3, -0.25) is 14.4 Å². The molecule has 3 aromatic rings. The third-order valence-electron chi connectivity index (χ3n) is 5.79. The fourth-order valence-corrected chi connectivity index (χ4v) is 4.29. The quantitative estimate of drug-likeness (QED) is 0.144. The molecule has 0 aromatic heterocycles. The molecule has 3 aromatic carbocycles. The summed E-state index contributed by atoms with van der Waals surface area (Å²) in [5.74, 6) is -3.77. The van der Waals surface area contributed by atoms with Gasteiger partial charge in [-0.15, -0.1) is 6.58 Å². The summed E-state index contributed by atoms with van der Waals surface area (Å²) in [6.45, 7) is 9.25. The number of hydrogen-bond donors (Lipinski definition) is 0. The molecule has 0 aliphatic carbocycles. The van der Waals surface area contributed by atoms with Crippen molar-refractivity contribution >= 4 is 17.5 Å². The lowest BCUT2D eigenvalue weighted by Gasteiger charge is -2.33. The normalized spacial score (nSPS) is 13.0. The summed E-state index contributed by atoms with van der Waals surface area (Å²) in [6, 6.07) is 26.8. The fourth-order valence-electron chi connectivity index (χ4n) is 4.29. The highest BCUT2D eigenvalue weighted by molar-refractivity contribution is 6.17. The molecular weight excluding hydrogens is 436 g/mol. The number of carbonyl (C=O) groups excluding carboxylic acids is 3. The highest BCUT2D eigenvalue weighted by atomic mass is 16.6. The van der Waals surface area contributed by atoms with Gasteiger partial charge in [0.05, 0.1) is 11.8 Å². The van der Waals surface area contributed by atoms with Crippen LogP contribution in [0.15, 0.2) is 104 Å². The Morgan fingerprint density at radius 3 is 1.60 bits per heavy atom. The van der Waals surface area contributed by atoms with E-state index in [4.69, 9.17) is 4.74 Å². The molecule has 0 aliphatic heterocycles. The van der Waals surface area contributed by atoms with E-state index in [9.17, 15) is 14.4 Å². The Morgan fingerprint density at radius 1 is 0.771 bits per heavy atom.